The van der Waals surface area contributed by atoms with Gasteiger partial charge in [0.05, 0.1) is 5.56 Å². The number of carbonyl (C=O) groups excluding carboxylic acids is 1. The second kappa shape index (κ2) is 8.75. The van der Waals surface area contributed by atoms with E-state index in [-0.39, 0.29) is 29.3 Å². The molecule has 1 unspecified atom stereocenters. The van der Waals surface area contributed by atoms with Crippen LogP contribution in [0.4, 0.5) is 0 Å². The fourth-order valence-electron chi connectivity index (χ4n) is 3.02. The maximum absolute atomic E-state index is 12.8. The van der Waals surface area contributed by atoms with Crippen LogP contribution in [0.1, 0.15) is 73.1 Å². The standard InChI is InChI=1S/C22H26N2O4/c1-6-14(4)24-21(26)18(11-23)15(5)20(22(24)27)19(25)12-28-17-9-7-16(8-10-17)13(2)3/h7-10,13-14,27H,6,12H2,1-5H3. The maximum Gasteiger partial charge on any atom is 0.271 e. The number of ketones is 1. The fourth-order valence-corrected chi connectivity index (χ4v) is 3.02. The predicted octanol–water partition coefficient (Wildman–Crippen LogP) is 4.09. The third-order valence-corrected chi connectivity index (χ3v) is 4.97. The molecule has 0 saturated carbocycles. The minimum atomic E-state index is -0.589. The van der Waals surface area contributed by atoms with Crippen molar-refractivity contribution < 1.29 is 14.6 Å². The quantitative estimate of drug-likeness (QED) is 0.728. The van der Waals surface area contributed by atoms with Crippen LogP contribution in [0.2, 0.25) is 0 Å². The Morgan fingerprint density at radius 2 is 1.86 bits per heavy atom. The number of hydrogen-bond acceptors (Lipinski definition) is 5. The lowest BCUT2D eigenvalue weighted by molar-refractivity contribution is 0.0916. The molecule has 6 nitrogen and oxygen atoms in total. The van der Waals surface area contributed by atoms with Gasteiger partial charge in [0, 0.05) is 6.04 Å². The van der Waals surface area contributed by atoms with E-state index in [1.54, 1.807) is 19.1 Å². The molecule has 28 heavy (non-hydrogen) atoms. The third kappa shape index (κ3) is 4.09. The molecule has 1 aromatic heterocycles. The van der Waals surface area contributed by atoms with E-state index in [1.165, 1.54) is 6.92 Å². The van der Waals surface area contributed by atoms with E-state index in [0.29, 0.717) is 18.1 Å². The van der Waals surface area contributed by atoms with Gasteiger partial charge in [-0.2, -0.15) is 5.26 Å². The van der Waals surface area contributed by atoms with E-state index in [1.807, 2.05) is 25.1 Å². The highest BCUT2D eigenvalue weighted by atomic mass is 16.5. The van der Waals surface area contributed by atoms with E-state index in [2.05, 4.69) is 13.8 Å². The molecule has 6 heteroatoms. The Hall–Kier alpha value is -3.07. The number of nitrogens with zero attached hydrogens (tertiary/aromatic N) is 2. The van der Waals surface area contributed by atoms with Crippen molar-refractivity contribution in [3.05, 3.63) is 56.9 Å². The summed E-state index contributed by atoms with van der Waals surface area (Å²) in [5, 5.41) is 20.0. The summed E-state index contributed by atoms with van der Waals surface area (Å²) in [6, 6.07) is 8.95. The molecule has 1 N–H and O–H groups in total. The van der Waals surface area contributed by atoms with Crippen molar-refractivity contribution in [3.63, 3.8) is 0 Å². The molecule has 0 saturated heterocycles. The van der Waals surface area contributed by atoms with Gasteiger partial charge in [0.15, 0.2) is 6.61 Å². The molecule has 0 spiro atoms. The Morgan fingerprint density at radius 3 is 2.36 bits per heavy atom. The summed E-state index contributed by atoms with van der Waals surface area (Å²) in [6.45, 7) is 8.96. The zero-order chi connectivity index (χ0) is 21.0. The van der Waals surface area contributed by atoms with Crippen molar-refractivity contribution in [3.8, 4) is 17.7 Å². The number of benzene rings is 1. The fraction of sp³-hybridized carbons (Fsp3) is 0.409. The van der Waals surface area contributed by atoms with Crippen LogP contribution in [0.25, 0.3) is 0 Å². The monoisotopic (exact) mass is 382 g/mol. The molecule has 1 aromatic carbocycles. The summed E-state index contributed by atoms with van der Waals surface area (Å²) in [5.41, 5.74) is 0.561. The topological polar surface area (TPSA) is 92.3 Å². The highest BCUT2D eigenvalue weighted by molar-refractivity contribution is 6.01. The number of hydrogen-bond donors (Lipinski definition) is 1. The second-order valence-corrected chi connectivity index (χ2v) is 7.18. The van der Waals surface area contributed by atoms with Crippen molar-refractivity contribution >= 4 is 5.78 Å². The number of rotatable bonds is 7. The number of Topliss-reactive ketones (excluding diaryl/α,β-unsaturated/α-hetero) is 1. The first-order valence-corrected chi connectivity index (χ1v) is 9.36. The van der Waals surface area contributed by atoms with Gasteiger partial charge < -0.3 is 9.84 Å². The molecule has 0 bridgehead atoms. The van der Waals surface area contributed by atoms with Crippen LogP contribution in [0, 0.1) is 18.3 Å². The molecule has 1 atom stereocenters. The van der Waals surface area contributed by atoms with Crippen LogP contribution in [-0.2, 0) is 0 Å². The van der Waals surface area contributed by atoms with Crippen LogP contribution in [0.3, 0.4) is 0 Å². The van der Waals surface area contributed by atoms with Crippen molar-refractivity contribution in [2.45, 2.75) is 53.0 Å². The van der Waals surface area contributed by atoms with Gasteiger partial charge in [-0.1, -0.05) is 32.9 Å². The van der Waals surface area contributed by atoms with Gasteiger partial charge in [-0.05, 0) is 49.4 Å². The average Bonchev–Trinajstić information content (AvgIpc) is 2.66. The zero-order valence-corrected chi connectivity index (χ0v) is 16.9. The smallest absolute Gasteiger partial charge is 0.271 e. The van der Waals surface area contributed by atoms with Crippen LogP contribution >= 0.6 is 0 Å². The molecular weight excluding hydrogens is 356 g/mol. The van der Waals surface area contributed by atoms with Crippen LogP contribution in [-0.4, -0.2) is 22.1 Å². The van der Waals surface area contributed by atoms with Gasteiger partial charge >= 0.3 is 0 Å². The average molecular weight is 382 g/mol. The van der Waals surface area contributed by atoms with E-state index < -0.39 is 17.2 Å². The summed E-state index contributed by atoms with van der Waals surface area (Å²) < 4.78 is 6.67. The maximum atomic E-state index is 12.8. The lowest BCUT2D eigenvalue weighted by Crippen LogP contribution is -2.29. The molecule has 2 rings (SSSR count). The first-order valence-electron chi connectivity index (χ1n) is 9.36. The third-order valence-electron chi connectivity index (χ3n) is 4.97. The van der Waals surface area contributed by atoms with Gasteiger partial charge in [0.25, 0.3) is 5.56 Å². The van der Waals surface area contributed by atoms with Gasteiger partial charge in [-0.25, -0.2) is 0 Å². The molecule has 0 aliphatic rings. The minimum Gasteiger partial charge on any atom is -0.494 e. The zero-order valence-electron chi connectivity index (χ0n) is 16.9. The molecule has 0 fully saturated rings. The van der Waals surface area contributed by atoms with Crippen molar-refractivity contribution in [1.82, 2.24) is 4.57 Å². The molecule has 148 valence electrons. The Labute approximate surface area is 165 Å². The Bertz CT molecular complexity index is 966. The van der Waals surface area contributed by atoms with Crippen molar-refractivity contribution in [1.29, 1.82) is 5.26 Å². The molecule has 0 amide bonds. The van der Waals surface area contributed by atoms with Gasteiger partial charge in [0.1, 0.15) is 17.4 Å². The molecule has 0 aliphatic heterocycles. The van der Waals surface area contributed by atoms with Crippen molar-refractivity contribution in [2.75, 3.05) is 6.61 Å². The second-order valence-electron chi connectivity index (χ2n) is 7.18. The van der Waals surface area contributed by atoms with Gasteiger partial charge in [-0.3, -0.25) is 14.2 Å². The summed E-state index contributed by atoms with van der Waals surface area (Å²) in [6.07, 6.45) is 0.563. The molecule has 0 aliphatic carbocycles. The lowest BCUT2D eigenvalue weighted by atomic mass is 10.0. The summed E-state index contributed by atoms with van der Waals surface area (Å²) in [4.78, 5) is 25.3. The molecule has 2 aromatic rings. The normalized spacial score (nSPS) is 11.9. The predicted molar refractivity (Wildman–Crippen MR) is 107 cm³/mol. The first-order chi connectivity index (χ1) is 13.2. The first kappa shape index (κ1) is 21.2. The van der Waals surface area contributed by atoms with E-state index in [0.717, 1.165) is 10.1 Å². The van der Waals surface area contributed by atoms with Crippen molar-refractivity contribution in [2.24, 2.45) is 0 Å². The number of ether oxygens (including phenoxy) is 1. The molecule has 0 radical (unpaired) electrons. The van der Waals surface area contributed by atoms with Gasteiger partial charge in [-0.15, -0.1) is 0 Å². The number of aromatic nitrogens is 1. The highest BCUT2D eigenvalue weighted by Crippen LogP contribution is 2.26. The number of pyridine rings is 1. The number of nitriles is 1. The van der Waals surface area contributed by atoms with E-state index in [9.17, 15) is 20.0 Å². The number of aromatic hydroxyl groups is 1. The van der Waals surface area contributed by atoms with Crippen LogP contribution in [0.5, 0.6) is 11.6 Å². The molecular formula is C22H26N2O4. The summed E-state index contributed by atoms with van der Waals surface area (Å²) in [7, 11) is 0. The molecule has 1 heterocycles. The summed E-state index contributed by atoms with van der Waals surface area (Å²) >= 11 is 0. The Kier molecular flexibility index (Phi) is 6.63. The van der Waals surface area contributed by atoms with Gasteiger partial charge in [0.2, 0.25) is 11.7 Å². The highest BCUT2D eigenvalue weighted by Gasteiger charge is 2.25. The lowest BCUT2D eigenvalue weighted by Gasteiger charge is -2.19. The minimum absolute atomic E-state index is 0.0461. The number of carbonyl (C=O) groups is 1. The SMILES string of the molecule is CCC(C)n1c(O)c(C(=O)COc2ccc(C(C)C)cc2)c(C)c(C#N)c1=O. The van der Waals surface area contributed by atoms with Crippen LogP contribution < -0.4 is 10.3 Å². The van der Waals surface area contributed by atoms with E-state index in [4.69, 9.17) is 4.74 Å². The van der Waals surface area contributed by atoms with E-state index >= 15 is 0 Å². The van der Waals surface area contributed by atoms with Crippen LogP contribution in [0.15, 0.2) is 29.1 Å². The largest absolute Gasteiger partial charge is 0.494 e. The Balaban J connectivity index is 2.37. The Morgan fingerprint density at radius 1 is 1.25 bits per heavy atom. The summed E-state index contributed by atoms with van der Waals surface area (Å²) in [5.74, 6) is 0.0167.